The first-order chi connectivity index (χ1) is 3.81. The Morgan fingerprint density at radius 2 is 2.50 bits per heavy atom. The molecule has 0 spiro atoms. The monoisotopic (exact) mass is 125 g/mol. The van der Waals surface area contributed by atoms with Crippen LogP contribution in [0.5, 0.6) is 0 Å². The summed E-state index contributed by atoms with van der Waals surface area (Å²) in [7, 11) is 0. The maximum absolute atomic E-state index is 8.10. The molecule has 0 rings (SSSR count). The van der Waals surface area contributed by atoms with Crippen molar-refractivity contribution in [3.05, 3.63) is 23.5 Å². The van der Waals surface area contributed by atoms with Gasteiger partial charge >= 0.3 is 0 Å². The number of thioether (sulfide) groups is 1. The minimum Gasteiger partial charge on any atom is -0.198 e. The average molecular weight is 125 g/mol. The lowest BCUT2D eigenvalue weighted by Gasteiger charge is -1.88. The molecule has 0 atom stereocenters. The summed E-state index contributed by atoms with van der Waals surface area (Å²) in [5.74, 6) is 0. The summed E-state index contributed by atoms with van der Waals surface area (Å²) in [5.41, 5.74) is 0. The second kappa shape index (κ2) is 4.48. The molecule has 0 aliphatic heterocycles. The van der Waals surface area contributed by atoms with Crippen molar-refractivity contribution < 1.29 is 0 Å². The van der Waals surface area contributed by atoms with Gasteiger partial charge in [-0.05, 0) is 10.3 Å². The Hall–Kier alpha value is -0.680. The Balaban J connectivity index is 3.36. The third-order valence-corrected chi connectivity index (χ3v) is 1.17. The fraction of sp³-hybridized carbons (Fsp3) is 0.167. The van der Waals surface area contributed by atoms with Crippen molar-refractivity contribution in [1.29, 1.82) is 5.26 Å². The number of rotatable bonds is 3. The van der Waals surface area contributed by atoms with E-state index in [0.717, 1.165) is 4.91 Å². The van der Waals surface area contributed by atoms with E-state index in [1.54, 1.807) is 5.41 Å². The highest BCUT2D eigenvalue weighted by atomic mass is 32.2. The summed E-state index contributed by atoms with van der Waals surface area (Å²) >= 11 is 1.40. The van der Waals surface area contributed by atoms with E-state index in [2.05, 4.69) is 13.2 Å². The van der Waals surface area contributed by atoms with Crippen LogP contribution < -0.4 is 0 Å². The minimum absolute atomic E-state index is 0.413. The normalized spacial score (nSPS) is 7.38. The van der Waals surface area contributed by atoms with E-state index >= 15 is 0 Å². The molecular formula is C6H7NS. The van der Waals surface area contributed by atoms with Crippen LogP contribution in [0, 0.1) is 11.3 Å². The molecule has 0 aromatic rings. The lowest BCUT2D eigenvalue weighted by Crippen LogP contribution is -1.64. The molecule has 0 unspecified atom stereocenters. The van der Waals surface area contributed by atoms with Crippen LogP contribution in [-0.2, 0) is 0 Å². The van der Waals surface area contributed by atoms with Crippen molar-refractivity contribution in [2.45, 2.75) is 6.42 Å². The molecular weight excluding hydrogens is 118 g/mol. The van der Waals surface area contributed by atoms with Crippen LogP contribution >= 0.6 is 11.8 Å². The van der Waals surface area contributed by atoms with Gasteiger partial charge in [-0.3, -0.25) is 0 Å². The van der Waals surface area contributed by atoms with Crippen LogP contribution in [0.25, 0.3) is 0 Å². The molecule has 0 fully saturated rings. The minimum atomic E-state index is 0.413. The van der Waals surface area contributed by atoms with Gasteiger partial charge in [-0.25, -0.2) is 0 Å². The maximum atomic E-state index is 8.10. The van der Waals surface area contributed by atoms with Crippen molar-refractivity contribution in [3.63, 3.8) is 0 Å². The SMILES string of the molecule is C=CSC(=C)CC#N. The molecule has 8 heavy (non-hydrogen) atoms. The first-order valence-corrected chi connectivity index (χ1v) is 3.01. The number of allylic oxidation sites excluding steroid dienone is 1. The van der Waals surface area contributed by atoms with E-state index < -0.39 is 0 Å². The Labute approximate surface area is 53.7 Å². The molecule has 0 aliphatic carbocycles. The summed E-state index contributed by atoms with van der Waals surface area (Å²) in [6.45, 7) is 7.08. The van der Waals surface area contributed by atoms with Crippen LogP contribution in [0.1, 0.15) is 6.42 Å². The van der Waals surface area contributed by atoms with E-state index in [4.69, 9.17) is 5.26 Å². The topological polar surface area (TPSA) is 23.8 Å². The zero-order valence-corrected chi connectivity index (χ0v) is 5.37. The van der Waals surface area contributed by atoms with E-state index in [-0.39, 0.29) is 0 Å². The summed E-state index contributed by atoms with van der Waals surface area (Å²) in [5, 5.41) is 9.77. The van der Waals surface area contributed by atoms with E-state index in [0.29, 0.717) is 6.42 Å². The highest BCUT2D eigenvalue weighted by Gasteiger charge is 1.86. The van der Waals surface area contributed by atoms with Crippen molar-refractivity contribution in [2.75, 3.05) is 0 Å². The van der Waals surface area contributed by atoms with Gasteiger partial charge in [0.25, 0.3) is 0 Å². The van der Waals surface area contributed by atoms with Crippen LogP contribution in [0.3, 0.4) is 0 Å². The Kier molecular flexibility index (Phi) is 4.10. The summed E-state index contributed by atoms with van der Waals surface area (Å²) in [4.78, 5) is 0.850. The van der Waals surface area contributed by atoms with Gasteiger partial charge in [0.2, 0.25) is 0 Å². The van der Waals surface area contributed by atoms with Crippen molar-refractivity contribution in [2.24, 2.45) is 0 Å². The predicted octanol–water partition coefficient (Wildman–Crippen LogP) is 2.29. The van der Waals surface area contributed by atoms with E-state index in [1.165, 1.54) is 11.8 Å². The molecule has 42 valence electrons. The fourth-order valence-electron chi connectivity index (χ4n) is 0.248. The van der Waals surface area contributed by atoms with Crippen molar-refractivity contribution in [1.82, 2.24) is 0 Å². The number of hydrogen-bond acceptors (Lipinski definition) is 2. The molecule has 0 aromatic carbocycles. The van der Waals surface area contributed by atoms with Crippen molar-refractivity contribution >= 4 is 11.8 Å². The Morgan fingerprint density at radius 3 is 2.88 bits per heavy atom. The molecule has 1 nitrogen and oxygen atoms in total. The number of nitriles is 1. The van der Waals surface area contributed by atoms with Gasteiger partial charge in [0.15, 0.2) is 0 Å². The largest absolute Gasteiger partial charge is 0.198 e. The highest BCUT2D eigenvalue weighted by Crippen LogP contribution is 2.15. The third-order valence-electron chi connectivity index (χ3n) is 0.526. The molecule has 0 heterocycles. The molecule has 0 saturated heterocycles. The lowest BCUT2D eigenvalue weighted by atomic mass is 10.5. The predicted molar refractivity (Wildman–Crippen MR) is 37.2 cm³/mol. The standard InChI is InChI=1S/C6H7NS/c1-3-8-6(2)4-5-7/h3H,1-2,4H2. The number of nitrogens with zero attached hydrogens (tertiary/aromatic N) is 1. The van der Waals surface area contributed by atoms with Crippen LogP contribution in [0.2, 0.25) is 0 Å². The van der Waals surface area contributed by atoms with Crippen molar-refractivity contribution in [3.8, 4) is 6.07 Å². The fourth-order valence-corrected chi connectivity index (χ4v) is 0.631. The Bertz CT molecular complexity index is 132. The molecule has 0 radical (unpaired) electrons. The van der Waals surface area contributed by atoms with Gasteiger partial charge < -0.3 is 0 Å². The van der Waals surface area contributed by atoms with Gasteiger partial charge in [-0.1, -0.05) is 13.2 Å². The smallest absolute Gasteiger partial charge is 0.0675 e. The van der Waals surface area contributed by atoms with Gasteiger partial charge in [0.05, 0.1) is 12.5 Å². The van der Waals surface area contributed by atoms with Crippen LogP contribution in [-0.4, -0.2) is 0 Å². The van der Waals surface area contributed by atoms with Gasteiger partial charge in [-0.15, -0.1) is 11.8 Å². The maximum Gasteiger partial charge on any atom is 0.0675 e. The summed E-state index contributed by atoms with van der Waals surface area (Å²) < 4.78 is 0. The zero-order chi connectivity index (χ0) is 6.41. The second-order valence-corrected chi connectivity index (χ2v) is 2.30. The molecule has 0 amide bonds. The lowest BCUT2D eigenvalue weighted by molar-refractivity contribution is 1.34. The van der Waals surface area contributed by atoms with Crippen LogP contribution in [0.4, 0.5) is 0 Å². The molecule has 0 bridgehead atoms. The second-order valence-electron chi connectivity index (χ2n) is 1.16. The van der Waals surface area contributed by atoms with Crippen LogP contribution in [0.15, 0.2) is 23.5 Å². The third kappa shape index (κ3) is 3.51. The molecule has 0 saturated carbocycles. The van der Waals surface area contributed by atoms with E-state index in [1.807, 2.05) is 6.07 Å². The molecule has 0 N–H and O–H groups in total. The first-order valence-electron chi connectivity index (χ1n) is 2.13. The summed E-state index contributed by atoms with van der Waals surface area (Å²) in [6.07, 6.45) is 0.413. The van der Waals surface area contributed by atoms with Gasteiger partial charge in [0.1, 0.15) is 0 Å². The number of hydrogen-bond donors (Lipinski definition) is 0. The molecule has 2 heteroatoms. The summed E-state index contributed by atoms with van der Waals surface area (Å²) in [6, 6.07) is 1.98. The van der Waals surface area contributed by atoms with Gasteiger partial charge in [-0.2, -0.15) is 5.26 Å². The highest BCUT2D eigenvalue weighted by molar-refractivity contribution is 8.05. The molecule has 0 aromatic heterocycles. The van der Waals surface area contributed by atoms with E-state index in [9.17, 15) is 0 Å². The quantitative estimate of drug-likeness (QED) is 0.577. The average Bonchev–Trinajstić information content (AvgIpc) is 1.68. The zero-order valence-electron chi connectivity index (χ0n) is 4.55. The van der Waals surface area contributed by atoms with Gasteiger partial charge in [0, 0.05) is 0 Å². The molecule has 0 aliphatic rings. The first kappa shape index (κ1) is 7.32. The Morgan fingerprint density at radius 1 is 1.88 bits per heavy atom.